The van der Waals surface area contributed by atoms with Crippen molar-refractivity contribution in [3.05, 3.63) is 0 Å². The molecule has 0 radical (unpaired) electrons. The van der Waals surface area contributed by atoms with E-state index < -0.39 is 3.79 Å². The molecule has 0 fully saturated rings. The van der Waals surface area contributed by atoms with Crippen LogP contribution in [0.4, 0.5) is 0 Å². The Balaban J connectivity index is 3.41. The van der Waals surface area contributed by atoms with Gasteiger partial charge in [0, 0.05) is 6.42 Å². The van der Waals surface area contributed by atoms with E-state index in [0.29, 0.717) is 6.42 Å². The number of rotatable bonds is 5. The second-order valence-electron chi connectivity index (χ2n) is 2.73. The van der Waals surface area contributed by atoms with E-state index >= 15 is 0 Å². The molecular formula is C8H13Cl3O2. The number of hydrogen-bond donors (Lipinski definition) is 0. The Bertz CT molecular complexity index is 154. The fourth-order valence-electron chi connectivity index (χ4n) is 0.754. The SMILES string of the molecule is CCCCCC(=O)OCC(Cl)(Cl)Cl. The van der Waals surface area contributed by atoms with Crippen LogP contribution in [0.5, 0.6) is 0 Å². The molecule has 0 unspecified atom stereocenters. The van der Waals surface area contributed by atoms with E-state index in [1.165, 1.54) is 0 Å². The maximum absolute atomic E-state index is 11.0. The van der Waals surface area contributed by atoms with E-state index in [-0.39, 0.29) is 12.6 Å². The Labute approximate surface area is 93.5 Å². The van der Waals surface area contributed by atoms with E-state index in [9.17, 15) is 4.79 Å². The van der Waals surface area contributed by atoms with Crippen molar-refractivity contribution in [3.8, 4) is 0 Å². The average molecular weight is 248 g/mol. The molecule has 0 aliphatic heterocycles. The number of esters is 1. The summed E-state index contributed by atoms with van der Waals surface area (Å²) in [5.41, 5.74) is 0. The number of carbonyl (C=O) groups excluding carboxylic acids is 1. The molecule has 0 saturated carbocycles. The molecule has 0 aromatic heterocycles. The minimum absolute atomic E-state index is 0.178. The van der Waals surface area contributed by atoms with Crippen LogP contribution in [0, 0.1) is 0 Å². The third-order valence-corrected chi connectivity index (χ3v) is 1.71. The first-order chi connectivity index (χ1) is 5.95. The first kappa shape index (κ1) is 13.3. The topological polar surface area (TPSA) is 26.3 Å². The number of ether oxygens (including phenoxy) is 1. The van der Waals surface area contributed by atoms with Crippen LogP contribution in [0.2, 0.25) is 0 Å². The molecule has 0 N–H and O–H groups in total. The lowest BCUT2D eigenvalue weighted by Crippen LogP contribution is -2.16. The van der Waals surface area contributed by atoms with Crippen LogP contribution in [0.25, 0.3) is 0 Å². The zero-order chi connectivity index (χ0) is 10.3. The van der Waals surface area contributed by atoms with E-state index in [1.54, 1.807) is 0 Å². The van der Waals surface area contributed by atoms with Crippen LogP contribution in [-0.4, -0.2) is 16.4 Å². The minimum atomic E-state index is -1.50. The van der Waals surface area contributed by atoms with E-state index in [1.807, 2.05) is 0 Å². The van der Waals surface area contributed by atoms with E-state index in [0.717, 1.165) is 19.3 Å². The fourth-order valence-corrected chi connectivity index (χ4v) is 0.917. The van der Waals surface area contributed by atoms with Gasteiger partial charge in [-0.2, -0.15) is 0 Å². The van der Waals surface area contributed by atoms with E-state index in [2.05, 4.69) is 6.92 Å². The summed E-state index contributed by atoms with van der Waals surface area (Å²) in [5.74, 6) is -0.306. The second-order valence-corrected chi connectivity index (χ2v) is 5.25. The van der Waals surface area contributed by atoms with Crippen LogP contribution < -0.4 is 0 Å². The number of alkyl halides is 3. The summed E-state index contributed by atoms with van der Waals surface area (Å²) in [7, 11) is 0. The average Bonchev–Trinajstić information content (AvgIpc) is 2.00. The Hall–Kier alpha value is 0.340. The lowest BCUT2D eigenvalue weighted by Gasteiger charge is -2.10. The molecule has 0 aromatic carbocycles. The van der Waals surface area contributed by atoms with Crippen molar-refractivity contribution < 1.29 is 9.53 Å². The van der Waals surface area contributed by atoms with Gasteiger partial charge >= 0.3 is 5.97 Å². The first-order valence-corrected chi connectivity index (χ1v) is 5.31. The van der Waals surface area contributed by atoms with Crippen molar-refractivity contribution >= 4 is 40.8 Å². The van der Waals surface area contributed by atoms with Crippen molar-refractivity contribution in [2.45, 2.75) is 36.4 Å². The highest BCUT2D eigenvalue weighted by Crippen LogP contribution is 2.26. The fraction of sp³-hybridized carbons (Fsp3) is 0.875. The second kappa shape index (κ2) is 6.74. The zero-order valence-electron chi connectivity index (χ0n) is 7.49. The molecule has 0 amide bonds. The van der Waals surface area contributed by atoms with Crippen molar-refractivity contribution in [1.82, 2.24) is 0 Å². The van der Waals surface area contributed by atoms with Crippen LogP contribution in [0.15, 0.2) is 0 Å². The van der Waals surface area contributed by atoms with Crippen LogP contribution >= 0.6 is 34.8 Å². The summed E-state index contributed by atoms with van der Waals surface area (Å²) in [6.45, 7) is 1.88. The zero-order valence-corrected chi connectivity index (χ0v) is 9.75. The lowest BCUT2D eigenvalue weighted by molar-refractivity contribution is -0.143. The monoisotopic (exact) mass is 246 g/mol. The molecule has 0 heterocycles. The lowest BCUT2D eigenvalue weighted by atomic mass is 10.2. The van der Waals surface area contributed by atoms with Crippen LogP contribution in [0.1, 0.15) is 32.6 Å². The Kier molecular flexibility index (Phi) is 6.92. The molecule has 0 saturated heterocycles. The van der Waals surface area contributed by atoms with Gasteiger partial charge in [0.15, 0.2) is 0 Å². The molecule has 0 rings (SSSR count). The number of carbonyl (C=O) groups is 1. The summed E-state index contributed by atoms with van der Waals surface area (Å²) in [4.78, 5) is 11.0. The smallest absolute Gasteiger partial charge is 0.305 e. The summed E-state index contributed by atoms with van der Waals surface area (Å²) in [5, 5.41) is 0. The van der Waals surface area contributed by atoms with Gasteiger partial charge in [-0.25, -0.2) is 0 Å². The molecule has 0 spiro atoms. The van der Waals surface area contributed by atoms with E-state index in [4.69, 9.17) is 39.5 Å². The van der Waals surface area contributed by atoms with Gasteiger partial charge in [-0.1, -0.05) is 54.6 Å². The summed E-state index contributed by atoms with van der Waals surface area (Å²) >= 11 is 16.2. The van der Waals surface area contributed by atoms with Crippen LogP contribution in [-0.2, 0) is 9.53 Å². The third kappa shape index (κ3) is 10.3. The predicted octanol–water partition coefficient (Wildman–Crippen LogP) is 3.48. The van der Waals surface area contributed by atoms with Gasteiger partial charge in [0.2, 0.25) is 3.79 Å². The van der Waals surface area contributed by atoms with Crippen molar-refractivity contribution in [2.75, 3.05) is 6.61 Å². The quantitative estimate of drug-likeness (QED) is 0.422. The molecule has 0 aliphatic carbocycles. The molecule has 5 heteroatoms. The molecule has 13 heavy (non-hydrogen) atoms. The molecular weight excluding hydrogens is 234 g/mol. The molecule has 0 bridgehead atoms. The van der Waals surface area contributed by atoms with Gasteiger partial charge in [-0.15, -0.1) is 0 Å². The largest absolute Gasteiger partial charge is 0.461 e. The van der Waals surface area contributed by atoms with Gasteiger partial charge in [0.05, 0.1) is 0 Å². The van der Waals surface area contributed by atoms with Crippen molar-refractivity contribution in [1.29, 1.82) is 0 Å². The molecule has 0 atom stereocenters. The van der Waals surface area contributed by atoms with Gasteiger partial charge in [-0.3, -0.25) is 4.79 Å². The Morgan fingerprint density at radius 1 is 1.31 bits per heavy atom. The standard InChI is InChI=1S/C8H13Cl3O2/c1-2-3-4-5-7(12)13-6-8(9,10)11/h2-6H2,1H3. The molecule has 78 valence electrons. The number of halogens is 3. The maximum atomic E-state index is 11.0. The van der Waals surface area contributed by atoms with Gasteiger partial charge in [-0.05, 0) is 6.42 Å². The normalized spacial score (nSPS) is 11.4. The summed E-state index contributed by atoms with van der Waals surface area (Å²) < 4.78 is 3.22. The number of unbranched alkanes of at least 4 members (excludes halogenated alkanes) is 2. The molecule has 2 nitrogen and oxygen atoms in total. The highest BCUT2D eigenvalue weighted by Gasteiger charge is 2.21. The van der Waals surface area contributed by atoms with Crippen molar-refractivity contribution in [3.63, 3.8) is 0 Å². The minimum Gasteiger partial charge on any atom is -0.461 e. The highest BCUT2D eigenvalue weighted by molar-refractivity contribution is 6.67. The Morgan fingerprint density at radius 2 is 1.92 bits per heavy atom. The third-order valence-electron chi connectivity index (χ3n) is 1.38. The predicted molar refractivity (Wildman–Crippen MR) is 55.4 cm³/mol. The first-order valence-electron chi connectivity index (χ1n) is 4.18. The van der Waals surface area contributed by atoms with Gasteiger partial charge < -0.3 is 4.74 Å². The number of hydrogen-bond acceptors (Lipinski definition) is 2. The summed E-state index contributed by atoms with van der Waals surface area (Å²) in [6, 6.07) is 0. The van der Waals surface area contributed by atoms with Crippen LogP contribution in [0.3, 0.4) is 0 Å². The van der Waals surface area contributed by atoms with Gasteiger partial charge in [0.1, 0.15) is 6.61 Å². The molecule has 0 aliphatic rings. The summed E-state index contributed by atoms with van der Waals surface area (Å²) in [6.07, 6.45) is 3.31. The highest BCUT2D eigenvalue weighted by atomic mass is 35.6. The maximum Gasteiger partial charge on any atom is 0.305 e. The van der Waals surface area contributed by atoms with Crippen molar-refractivity contribution in [2.24, 2.45) is 0 Å². The Morgan fingerprint density at radius 3 is 2.38 bits per heavy atom. The molecule has 0 aromatic rings. The van der Waals surface area contributed by atoms with Gasteiger partial charge in [0.25, 0.3) is 0 Å².